The molecule has 0 aliphatic carbocycles. The first-order valence-corrected chi connectivity index (χ1v) is 5.86. The lowest BCUT2D eigenvalue weighted by atomic mass is 10.2. The number of hydrogen-bond acceptors (Lipinski definition) is 1. The first-order valence-electron chi connectivity index (χ1n) is 4.17. The molecule has 0 fully saturated rings. The van der Waals surface area contributed by atoms with Gasteiger partial charge in [0.25, 0.3) is 0 Å². The highest BCUT2D eigenvalue weighted by molar-refractivity contribution is 7.98. The lowest BCUT2D eigenvalue weighted by Gasteiger charge is -2.01. The van der Waals surface area contributed by atoms with Crippen molar-refractivity contribution < 1.29 is 0 Å². The average molecular weight is 213 g/mol. The number of alkyl halides is 1. The van der Waals surface area contributed by atoms with Crippen LogP contribution in [0.1, 0.15) is 5.56 Å². The van der Waals surface area contributed by atoms with Gasteiger partial charge in [0.05, 0.1) is 0 Å². The van der Waals surface area contributed by atoms with Gasteiger partial charge in [0.1, 0.15) is 0 Å². The third kappa shape index (κ3) is 4.39. The van der Waals surface area contributed by atoms with Gasteiger partial charge in [-0.05, 0) is 5.56 Å². The first kappa shape index (κ1) is 10.7. The second kappa shape index (κ2) is 6.11. The molecular weight excluding hydrogens is 200 g/mol. The maximum absolute atomic E-state index is 5.62. The highest BCUT2D eigenvalue weighted by Crippen LogP contribution is 2.14. The third-order valence-electron chi connectivity index (χ3n) is 1.61. The summed E-state index contributed by atoms with van der Waals surface area (Å²) < 4.78 is 0. The smallest absolute Gasteiger partial charge is 0.0439 e. The van der Waals surface area contributed by atoms with Crippen molar-refractivity contribution in [2.24, 2.45) is 0 Å². The molecule has 0 bridgehead atoms. The Morgan fingerprint density at radius 3 is 2.62 bits per heavy atom. The molecule has 0 aliphatic rings. The Morgan fingerprint density at radius 1 is 1.31 bits per heavy atom. The molecule has 0 saturated heterocycles. The molecule has 0 heterocycles. The fourth-order valence-corrected chi connectivity index (χ4v) is 2.05. The Morgan fingerprint density at radius 2 is 2.00 bits per heavy atom. The summed E-state index contributed by atoms with van der Waals surface area (Å²) in [7, 11) is 0. The molecule has 70 valence electrons. The van der Waals surface area contributed by atoms with Crippen LogP contribution in [0, 0.1) is 0 Å². The Hall–Kier alpha value is -0.400. The zero-order chi connectivity index (χ0) is 9.52. The number of hydrogen-bond donors (Lipinski definition) is 0. The van der Waals surface area contributed by atoms with E-state index >= 15 is 0 Å². The molecule has 1 rings (SSSR count). The normalized spacial score (nSPS) is 9.92. The Bertz CT molecular complexity index is 256. The quantitative estimate of drug-likeness (QED) is 0.530. The largest absolute Gasteiger partial charge is 0.153 e. The third-order valence-corrected chi connectivity index (χ3v) is 3.13. The van der Waals surface area contributed by atoms with Gasteiger partial charge in [-0.3, -0.25) is 0 Å². The lowest BCUT2D eigenvalue weighted by molar-refractivity contribution is 1.38. The van der Waals surface area contributed by atoms with Crippen LogP contribution < -0.4 is 0 Å². The van der Waals surface area contributed by atoms with Crippen LogP contribution in [-0.4, -0.2) is 11.6 Å². The predicted octanol–water partition coefficient (Wildman–Crippen LogP) is 3.71. The minimum Gasteiger partial charge on any atom is -0.153 e. The minimum atomic E-state index is 0.571. The fourth-order valence-electron chi connectivity index (χ4n) is 0.926. The molecule has 0 saturated carbocycles. The van der Waals surface area contributed by atoms with E-state index in [1.807, 2.05) is 17.8 Å². The van der Waals surface area contributed by atoms with Crippen molar-refractivity contribution in [3.05, 3.63) is 48.0 Å². The van der Waals surface area contributed by atoms with Crippen molar-refractivity contribution in [2.75, 3.05) is 11.6 Å². The molecule has 1 aromatic carbocycles. The van der Waals surface area contributed by atoms with Gasteiger partial charge in [0.2, 0.25) is 0 Å². The monoisotopic (exact) mass is 212 g/mol. The molecule has 0 spiro atoms. The van der Waals surface area contributed by atoms with Gasteiger partial charge in [0, 0.05) is 17.4 Å². The van der Waals surface area contributed by atoms with Gasteiger partial charge in [-0.2, -0.15) is 11.8 Å². The molecule has 1 aromatic rings. The van der Waals surface area contributed by atoms with Crippen LogP contribution in [0.15, 0.2) is 42.5 Å². The molecule has 0 atom stereocenters. The van der Waals surface area contributed by atoms with E-state index in [4.69, 9.17) is 11.6 Å². The zero-order valence-electron chi connectivity index (χ0n) is 7.50. The van der Waals surface area contributed by atoms with Crippen molar-refractivity contribution in [3.8, 4) is 0 Å². The van der Waals surface area contributed by atoms with E-state index in [0.717, 1.165) is 17.1 Å². The minimum absolute atomic E-state index is 0.571. The summed E-state index contributed by atoms with van der Waals surface area (Å²) in [5, 5.41) is 0. The van der Waals surface area contributed by atoms with E-state index < -0.39 is 0 Å². The van der Waals surface area contributed by atoms with E-state index in [2.05, 4.69) is 30.8 Å². The number of rotatable bonds is 5. The Labute approximate surface area is 89.0 Å². The second-order valence-corrected chi connectivity index (χ2v) is 4.11. The summed E-state index contributed by atoms with van der Waals surface area (Å²) in [6, 6.07) is 10.4. The maximum atomic E-state index is 5.62. The number of benzene rings is 1. The molecule has 0 radical (unpaired) electrons. The molecule has 13 heavy (non-hydrogen) atoms. The zero-order valence-corrected chi connectivity index (χ0v) is 9.07. The molecule has 0 unspecified atom stereocenters. The summed E-state index contributed by atoms with van der Waals surface area (Å²) in [5.74, 6) is 2.57. The van der Waals surface area contributed by atoms with Crippen LogP contribution in [0.3, 0.4) is 0 Å². The average Bonchev–Trinajstić information content (AvgIpc) is 2.19. The fraction of sp³-hybridized carbons (Fsp3) is 0.273. The van der Waals surface area contributed by atoms with E-state index in [1.54, 1.807) is 0 Å². The van der Waals surface area contributed by atoms with Crippen LogP contribution in [0.2, 0.25) is 0 Å². The topological polar surface area (TPSA) is 0 Å². The van der Waals surface area contributed by atoms with E-state index in [9.17, 15) is 0 Å². The molecule has 0 aliphatic heterocycles. The maximum Gasteiger partial charge on any atom is 0.0439 e. The van der Waals surface area contributed by atoms with Crippen molar-refractivity contribution >= 4 is 23.4 Å². The van der Waals surface area contributed by atoms with Crippen molar-refractivity contribution in [1.82, 2.24) is 0 Å². The summed E-state index contributed by atoms with van der Waals surface area (Å²) in [6.07, 6.45) is 0. The van der Waals surface area contributed by atoms with Crippen LogP contribution in [0.5, 0.6) is 0 Å². The Kier molecular flexibility index (Phi) is 5.02. The van der Waals surface area contributed by atoms with Crippen LogP contribution >= 0.6 is 23.4 Å². The first-order chi connectivity index (χ1) is 6.33. The van der Waals surface area contributed by atoms with E-state index in [0.29, 0.717) is 5.88 Å². The highest BCUT2D eigenvalue weighted by Gasteiger charge is 1.94. The molecule has 0 N–H and O–H groups in total. The Balaban J connectivity index is 2.24. The standard InChI is InChI=1S/C11H13ClS/c1-10(7-12)8-13-9-11-5-3-2-4-6-11/h2-6H,1,7-9H2. The second-order valence-electron chi connectivity index (χ2n) is 2.86. The van der Waals surface area contributed by atoms with Gasteiger partial charge in [0.15, 0.2) is 0 Å². The molecular formula is C11H13ClS. The van der Waals surface area contributed by atoms with Crippen molar-refractivity contribution in [1.29, 1.82) is 0 Å². The summed E-state index contributed by atoms with van der Waals surface area (Å²) >= 11 is 7.48. The van der Waals surface area contributed by atoms with Gasteiger partial charge in [-0.1, -0.05) is 42.5 Å². The van der Waals surface area contributed by atoms with Crippen molar-refractivity contribution in [2.45, 2.75) is 5.75 Å². The molecule has 0 aromatic heterocycles. The van der Waals surface area contributed by atoms with E-state index in [-0.39, 0.29) is 0 Å². The lowest BCUT2D eigenvalue weighted by Crippen LogP contribution is -1.87. The molecule has 0 nitrogen and oxygen atoms in total. The van der Waals surface area contributed by atoms with Crippen LogP contribution in [0.4, 0.5) is 0 Å². The van der Waals surface area contributed by atoms with Gasteiger partial charge in [-0.15, -0.1) is 11.6 Å². The van der Waals surface area contributed by atoms with E-state index in [1.165, 1.54) is 5.56 Å². The summed E-state index contributed by atoms with van der Waals surface area (Å²) in [4.78, 5) is 0. The molecule has 2 heteroatoms. The SMILES string of the molecule is C=C(CCl)CSCc1ccccc1. The predicted molar refractivity (Wildman–Crippen MR) is 62.5 cm³/mol. The summed E-state index contributed by atoms with van der Waals surface area (Å²) in [5.41, 5.74) is 2.46. The summed E-state index contributed by atoms with van der Waals surface area (Å²) in [6.45, 7) is 3.85. The number of halogens is 1. The van der Waals surface area contributed by atoms with Crippen LogP contribution in [0.25, 0.3) is 0 Å². The van der Waals surface area contributed by atoms with Gasteiger partial charge >= 0.3 is 0 Å². The molecule has 0 amide bonds. The highest BCUT2D eigenvalue weighted by atomic mass is 35.5. The van der Waals surface area contributed by atoms with Gasteiger partial charge < -0.3 is 0 Å². The van der Waals surface area contributed by atoms with Crippen LogP contribution in [-0.2, 0) is 5.75 Å². The van der Waals surface area contributed by atoms with Crippen molar-refractivity contribution in [3.63, 3.8) is 0 Å². The van der Waals surface area contributed by atoms with Gasteiger partial charge in [-0.25, -0.2) is 0 Å². The number of thioether (sulfide) groups is 1.